The van der Waals surface area contributed by atoms with Gasteiger partial charge in [-0.2, -0.15) is 0 Å². The first-order chi connectivity index (χ1) is 12.8. The van der Waals surface area contributed by atoms with Gasteiger partial charge in [-0.15, -0.1) is 0 Å². The molecule has 3 saturated heterocycles. The molecule has 148 valence electrons. The van der Waals surface area contributed by atoms with Crippen molar-refractivity contribution in [2.75, 3.05) is 30.8 Å². The van der Waals surface area contributed by atoms with Crippen LogP contribution in [-0.4, -0.2) is 62.2 Å². The molecule has 0 aliphatic carbocycles. The number of pyridine rings is 1. The summed E-state index contributed by atoms with van der Waals surface area (Å²) in [5.41, 5.74) is 0. The molecule has 4 rings (SSSR count). The number of nitrogens with zero attached hydrogens (tertiary/aromatic N) is 3. The molecule has 1 aromatic rings. The second-order valence-corrected chi connectivity index (χ2v) is 10.2. The molecule has 1 amide bonds. The van der Waals surface area contributed by atoms with E-state index in [1.807, 2.05) is 17.0 Å². The smallest absolute Gasteiger partial charge is 0.223 e. The van der Waals surface area contributed by atoms with Crippen LogP contribution in [-0.2, 0) is 14.8 Å². The lowest BCUT2D eigenvalue weighted by atomic mass is 9.72. The van der Waals surface area contributed by atoms with Gasteiger partial charge in [-0.25, -0.2) is 18.1 Å². The molecule has 4 atom stereocenters. The Hall–Kier alpha value is -1.38. The highest BCUT2D eigenvalue weighted by molar-refractivity contribution is 7.88. The highest BCUT2D eigenvalue weighted by Crippen LogP contribution is 2.42. The van der Waals surface area contributed by atoms with Crippen molar-refractivity contribution in [2.24, 2.45) is 11.8 Å². The van der Waals surface area contributed by atoms with Crippen molar-refractivity contribution in [1.29, 1.82) is 0 Å². The third kappa shape index (κ3) is 3.93. The molecule has 3 fully saturated rings. The van der Waals surface area contributed by atoms with Crippen molar-refractivity contribution in [1.82, 2.24) is 14.6 Å². The van der Waals surface area contributed by atoms with Crippen molar-refractivity contribution in [3.63, 3.8) is 0 Å². The number of aromatic nitrogens is 1. The van der Waals surface area contributed by atoms with E-state index in [0.717, 1.165) is 38.2 Å². The van der Waals surface area contributed by atoms with Gasteiger partial charge in [0.25, 0.3) is 0 Å². The first-order valence-electron chi connectivity index (χ1n) is 9.44. The molecule has 1 N–H and O–H groups in total. The Morgan fingerprint density at radius 1 is 1.30 bits per heavy atom. The minimum Gasteiger partial charge on any atom is -0.356 e. The monoisotopic (exact) mass is 412 g/mol. The number of piperidine rings is 3. The molecule has 2 bridgehead atoms. The fourth-order valence-electron chi connectivity index (χ4n) is 5.02. The summed E-state index contributed by atoms with van der Waals surface area (Å²) in [5, 5.41) is 0.607. The lowest BCUT2D eigenvalue weighted by molar-refractivity contribution is -0.148. The molecular formula is C18H25ClN4O3S. The molecule has 1 aromatic heterocycles. The van der Waals surface area contributed by atoms with Crippen molar-refractivity contribution >= 4 is 33.3 Å². The average Bonchev–Trinajstić information content (AvgIpc) is 2.62. The SMILES string of the molecule is CS(=O)(=O)NC[C@H]1[C@H]2C[C@H](CN(c3ccc(Cl)cn3)C2)[C@@H]2CCCC(=O)N21. The quantitative estimate of drug-likeness (QED) is 0.810. The minimum atomic E-state index is -3.31. The number of anilines is 1. The first-order valence-corrected chi connectivity index (χ1v) is 11.7. The Morgan fingerprint density at radius 3 is 2.78 bits per heavy atom. The maximum absolute atomic E-state index is 12.7. The van der Waals surface area contributed by atoms with Gasteiger partial charge < -0.3 is 9.80 Å². The summed E-state index contributed by atoms with van der Waals surface area (Å²) in [6.45, 7) is 1.91. The summed E-state index contributed by atoms with van der Waals surface area (Å²) >= 11 is 5.97. The topological polar surface area (TPSA) is 82.6 Å². The fraction of sp³-hybridized carbons (Fsp3) is 0.667. The maximum Gasteiger partial charge on any atom is 0.223 e. The highest BCUT2D eigenvalue weighted by atomic mass is 35.5. The number of hydrogen-bond donors (Lipinski definition) is 1. The molecule has 0 radical (unpaired) electrons. The lowest BCUT2D eigenvalue weighted by Crippen LogP contribution is -2.67. The Morgan fingerprint density at radius 2 is 2.07 bits per heavy atom. The van der Waals surface area contributed by atoms with E-state index >= 15 is 0 Å². The summed E-state index contributed by atoms with van der Waals surface area (Å²) in [6, 6.07) is 3.84. The standard InChI is InChI=1S/C18H25ClN4O3S/c1-27(25,26)21-9-16-13-7-12(15-3-2-4-18(24)23(15)16)10-22(11-13)17-6-5-14(19)8-20-17/h5-6,8,12-13,15-16,21H,2-4,7,9-11H2,1H3/t12-,13+,15+,16+/m1/s1. The van der Waals surface area contributed by atoms with Gasteiger partial charge >= 0.3 is 0 Å². The van der Waals surface area contributed by atoms with Gasteiger partial charge in [0.2, 0.25) is 15.9 Å². The molecule has 9 heteroatoms. The maximum atomic E-state index is 12.7. The van der Waals surface area contributed by atoms with Crippen LogP contribution in [0.1, 0.15) is 25.7 Å². The minimum absolute atomic E-state index is 0.108. The molecular weight excluding hydrogens is 388 g/mol. The number of nitrogens with one attached hydrogen (secondary N) is 1. The van der Waals surface area contributed by atoms with Crippen LogP contribution in [0.4, 0.5) is 5.82 Å². The summed E-state index contributed by atoms with van der Waals surface area (Å²) in [6.07, 6.45) is 6.30. The Labute approximate surface area is 165 Å². The largest absolute Gasteiger partial charge is 0.356 e. The van der Waals surface area contributed by atoms with Crippen molar-refractivity contribution in [3.8, 4) is 0 Å². The second kappa shape index (κ2) is 7.22. The van der Waals surface area contributed by atoms with Crippen LogP contribution >= 0.6 is 11.6 Å². The van der Waals surface area contributed by atoms with Crippen LogP contribution in [0.2, 0.25) is 5.02 Å². The number of rotatable bonds is 4. The number of amides is 1. The van der Waals surface area contributed by atoms with Gasteiger partial charge in [-0.1, -0.05) is 11.6 Å². The first kappa shape index (κ1) is 19.0. The van der Waals surface area contributed by atoms with E-state index in [9.17, 15) is 13.2 Å². The highest BCUT2D eigenvalue weighted by Gasteiger charge is 2.49. The number of carbonyl (C=O) groups is 1. The molecule has 0 saturated carbocycles. The van der Waals surface area contributed by atoms with Gasteiger partial charge in [-0.05, 0) is 43.2 Å². The molecule has 0 spiro atoms. The van der Waals surface area contributed by atoms with E-state index in [4.69, 9.17) is 11.6 Å². The molecule has 0 unspecified atom stereocenters. The molecule has 4 heterocycles. The van der Waals surface area contributed by atoms with Crippen molar-refractivity contribution in [3.05, 3.63) is 23.4 Å². The third-order valence-electron chi connectivity index (χ3n) is 6.09. The van der Waals surface area contributed by atoms with E-state index in [0.29, 0.717) is 17.4 Å². The normalized spacial score (nSPS) is 31.0. The van der Waals surface area contributed by atoms with Crippen LogP contribution in [0.3, 0.4) is 0 Å². The van der Waals surface area contributed by atoms with E-state index in [1.165, 1.54) is 6.26 Å². The Kier molecular flexibility index (Phi) is 5.07. The number of halogens is 1. The third-order valence-corrected chi connectivity index (χ3v) is 7.00. The zero-order valence-corrected chi connectivity index (χ0v) is 16.9. The average molecular weight is 413 g/mol. The number of sulfonamides is 1. The van der Waals surface area contributed by atoms with Crippen LogP contribution in [0.25, 0.3) is 0 Å². The van der Waals surface area contributed by atoms with Crippen molar-refractivity contribution < 1.29 is 13.2 Å². The van der Waals surface area contributed by atoms with Crippen LogP contribution < -0.4 is 9.62 Å². The van der Waals surface area contributed by atoms with Gasteiger partial charge in [-0.3, -0.25) is 4.79 Å². The van der Waals surface area contributed by atoms with Gasteiger partial charge in [0.05, 0.1) is 17.3 Å². The molecule has 3 aliphatic heterocycles. The summed E-state index contributed by atoms with van der Waals surface area (Å²) in [7, 11) is -3.31. The number of hydrogen-bond acceptors (Lipinski definition) is 5. The van der Waals surface area contributed by atoms with E-state index in [1.54, 1.807) is 6.20 Å². The fourth-order valence-corrected chi connectivity index (χ4v) is 5.60. The van der Waals surface area contributed by atoms with E-state index < -0.39 is 10.0 Å². The predicted octanol–water partition coefficient (Wildman–Crippen LogP) is 1.49. The lowest BCUT2D eigenvalue weighted by Gasteiger charge is -2.56. The van der Waals surface area contributed by atoms with Gasteiger partial charge in [0, 0.05) is 38.3 Å². The Bertz CT molecular complexity index is 816. The van der Waals surface area contributed by atoms with Crippen molar-refractivity contribution in [2.45, 2.75) is 37.8 Å². The summed E-state index contributed by atoms with van der Waals surface area (Å²) in [4.78, 5) is 21.4. The van der Waals surface area contributed by atoms with Gasteiger partial charge in [0.15, 0.2) is 0 Å². The van der Waals surface area contributed by atoms with Gasteiger partial charge in [0.1, 0.15) is 5.82 Å². The summed E-state index contributed by atoms with van der Waals surface area (Å²) < 4.78 is 26.0. The van der Waals surface area contributed by atoms with Crippen LogP contribution in [0.5, 0.6) is 0 Å². The molecule has 27 heavy (non-hydrogen) atoms. The van der Waals surface area contributed by atoms with E-state index in [2.05, 4.69) is 14.6 Å². The Balaban J connectivity index is 1.61. The predicted molar refractivity (Wildman–Crippen MR) is 104 cm³/mol. The zero-order valence-electron chi connectivity index (χ0n) is 15.3. The molecule has 3 aliphatic rings. The zero-order chi connectivity index (χ0) is 19.2. The summed E-state index contributed by atoms with van der Waals surface area (Å²) in [5.74, 6) is 1.66. The van der Waals surface area contributed by atoms with Crippen LogP contribution in [0, 0.1) is 11.8 Å². The number of carbonyl (C=O) groups excluding carboxylic acids is 1. The molecule has 7 nitrogen and oxygen atoms in total. The van der Waals surface area contributed by atoms with E-state index in [-0.39, 0.29) is 30.5 Å². The second-order valence-electron chi connectivity index (χ2n) is 7.94. The molecule has 0 aromatic carbocycles. The number of fused-ring (bicyclic) bond motifs is 4. The van der Waals surface area contributed by atoms with Crippen LogP contribution in [0.15, 0.2) is 18.3 Å².